The number of amides is 1. The average molecular weight is 399 g/mol. The number of nitriles is 1. The minimum atomic E-state index is -4.48. The SMILES string of the molecule is CCN(Nc1cccc(C(F)(F)F)c1)C(=O)c1ccnn1-c1ccc(C#N)cc1. The highest BCUT2D eigenvalue weighted by molar-refractivity contribution is 5.93. The van der Waals surface area contributed by atoms with Crippen LogP contribution in [-0.4, -0.2) is 27.2 Å². The van der Waals surface area contributed by atoms with Crippen LogP contribution in [0.4, 0.5) is 18.9 Å². The maximum atomic E-state index is 13.0. The van der Waals surface area contributed by atoms with Crippen molar-refractivity contribution in [2.75, 3.05) is 12.0 Å². The van der Waals surface area contributed by atoms with Gasteiger partial charge in [-0.25, -0.2) is 4.68 Å². The van der Waals surface area contributed by atoms with Crippen molar-refractivity contribution in [2.24, 2.45) is 0 Å². The molecule has 3 rings (SSSR count). The molecule has 29 heavy (non-hydrogen) atoms. The molecule has 148 valence electrons. The highest BCUT2D eigenvalue weighted by Gasteiger charge is 2.30. The van der Waals surface area contributed by atoms with Crippen LogP contribution in [-0.2, 0) is 6.18 Å². The van der Waals surface area contributed by atoms with Crippen LogP contribution in [0, 0.1) is 11.3 Å². The van der Waals surface area contributed by atoms with E-state index in [2.05, 4.69) is 10.5 Å². The highest BCUT2D eigenvalue weighted by atomic mass is 19.4. The van der Waals surface area contributed by atoms with Crippen LogP contribution in [0.25, 0.3) is 5.69 Å². The Morgan fingerprint density at radius 1 is 1.21 bits per heavy atom. The highest BCUT2D eigenvalue weighted by Crippen LogP contribution is 2.30. The summed E-state index contributed by atoms with van der Waals surface area (Å²) in [6, 6.07) is 14.6. The molecular weight excluding hydrogens is 383 g/mol. The van der Waals surface area contributed by atoms with Crippen molar-refractivity contribution in [3.63, 3.8) is 0 Å². The predicted octanol–water partition coefficient (Wildman–Crippen LogP) is 4.25. The fourth-order valence-electron chi connectivity index (χ4n) is 2.68. The second kappa shape index (κ2) is 8.06. The Balaban J connectivity index is 1.86. The third kappa shape index (κ3) is 4.38. The zero-order valence-electron chi connectivity index (χ0n) is 15.3. The summed E-state index contributed by atoms with van der Waals surface area (Å²) < 4.78 is 40.2. The lowest BCUT2D eigenvalue weighted by Gasteiger charge is -2.23. The van der Waals surface area contributed by atoms with Crippen molar-refractivity contribution in [1.82, 2.24) is 14.8 Å². The van der Waals surface area contributed by atoms with Crippen molar-refractivity contribution in [1.29, 1.82) is 5.26 Å². The molecule has 1 N–H and O–H groups in total. The Labute approximate surface area is 164 Å². The molecule has 0 unspecified atom stereocenters. The van der Waals surface area contributed by atoms with Crippen LogP contribution in [0.2, 0.25) is 0 Å². The van der Waals surface area contributed by atoms with E-state index in [1.54, 1.807) is 31.2 Å². The zero-order chi connectivity index (χ0) is 21.0. The van der Waals surface area contributed by atoms with E-state index >= 15 is 0 Å². The molecule has 0 aliphatic carbocycles. The first-order valence-electron chi connectivity index (χ1n) is 8.64. The lowest BCUT2D eigenvalue weighted by molar-refractivity contribution is -0.137. The van der Waals surface area contributed by atoms with Gasteiger partial charge in [0.15, 0.2) is 0 Å². The largest absolute Gasteiger partial charge is 0.416 e. The number of hydrazine groups is 1. The van der Waals surface area contributed by atoms with Gasteiger partial charge < -0.3 is 0 Å². The van der Waals surface area contributed by atoms with Crippen LogP contribution in [0.5, 0.6) is 0 Å². The molecule has 0 aliphatic rings. The summed E-state index contributed by atoms with van der Waals surface area (Å²) in [5.74, 6) is -0.466. The number of anilines is 1. The van der Waals surface area contributed by atoms with Gasteiger partial charge in [-0.3, -0.25) is 15.2 Å². The summed E-state index contributed by atoms with van der Waals surface area (Å²) in [4.78, 5) is 13.0. The number of hydrogen-bond acceptors (Lipinski definition) is 4. The molecule has 0 spiro atoms. The molecular formula is C20H16F3N5O. The van der Waals surface area contributed by atoms with Crippen LogP contribution in [0.3, 0.4) is 0 Å². The van der Waals surface area contributed by atoms with E-state index in [1.807, 2.05) is 6.07 Å². The number of halogens is 3. The summed E-state index contributed by atoms with van der Waals surface area (Å²) in [7, 11) is 0. The molecule has 0 fully saturated rings. The van der Waals surface area contributed by atoms with Crippen molar-refractivity contribution < 1.29 is 18.0 Å². The maximum Gasteiger partial charge on any atom is 0.416 e. The molecule has 6 nitrogen and oxygen atoms in total. The lowest BCUT2D eigenvalue weighted by atomic mass is 10.2. The molecule has 0 atom stereocenters. The number of nitrogens with one attached hydrogen (secondary N) is 1. The minimum Gasteiger partial charge on any atom is -0.296 e. The van der Waals surface area contributed by atoms with E-state index in [4.69, 9.17) is 5.26 Å². The third-order valence-electron chi connectivity index (χ3n) is 4.12. The van der Waals surface area contributed by atoms with Crippen LogP contribution in [0.15, 0.2) is 60.8 Å². The molecule has 1 aromatic heterocycles. The summed E-state index contributed by atoms with van der Waals surface area (Å²) in [6.45, 7) is 1.90. The van der Waals surface area contributed by atoms with Gasteiger partial charge in [-0.05, 0) is 55.5 Å². The summed E-state index contributed by atoms with van der Waals surface area (Å²) in [6.07, 6.45) is -3.03. The number of nitrogens with zero attached hydrogens (tertiary/aromatic N) is 4. The number of aromatic nitrogens is 2. The second-order valence-corrected chi connectivity index (χ2v) is 6.03. The summed E-state index contributed by atoms with van der Waals surface area (Å²) in [5, 5.41) is 14.2. The number of alkyl halides is 3. The Kier molecular flexibility index (Phi) is 5.54. The minimum absolute atomic E-state index is 0.138. The molecule has 0 saturated carbocycles. The number of carbonyl (C=O) groups excluding carboxylic acids is 1. The van der Waals surface area contributed by atoms with Gasteiger partial charge in [0.1, 0.15) is 5.69 Å². The first kappa shape index (κ1) is 19.9. The number of hydrogen-bond donors (Lipinski definition) is 1. The summed E-state index contributed by atoms with van der Waals surface area (Å²) in [5.41, 5.74) is 3.32. The van der Waals surface area contributed by atoms with Crippen LogP contribution in [0.1, 0.15) is 28.5 Å². The monoisotopic (exact) mass is 399 g/mol. The van der Waals surface area contributed by atoms with Gasteiger partial charge >= 0.3 is 6.18 Å². The molecule has 2 aromatic carbocycles. The van der Waals surface area contributed by atoms with Gasteiger partial charge in [-0.2, -0.15) is 23.5 Å². The Morgan fingerprint density at radius 3 is 2.55 bits per heavy atom. The number of carbonyl (C=O) groups is 1. The normalized spacial score (nSPS) is 11.0. The number of benzene rings is 2. The van der Waals surface area contributed by atoms with E-state index in [9.17, 15) is 18.0 Å². The van der Waals surface area contributed by atoms with Gasteiger partial charge in [-0.1, -0.05) is 6.07 Å². The standard InChI is InChI=1S/C20H16F3N5O/c1-2-27(26-16-5-3-4-15(12-16)20(21,22)23)19(29)18-10-11-25-28(18)17-8-6-14(13-24)7-9-17/h3-12,26H,2H2,1H3. The first-order valence-corrected chi connectivity index (χ1v) is 8.64. The van der Waals surface area contributed by atoms with E-state index in [1.165, 1.54) is 34.1 Å². The molecule has 9 heteroatoms. The van der Waals surface area contributed by atoms with E-state index in [0.717, 1.165) is 12.1 Å². The van der Waals surface area contributed by atoms with E-state index < -0.39 is 17.6 Å². The Hall–Kier alpha value is -3.80. The van der Waals surface area contributed by atoms with Crippen molar-refractivity contribution in [2.45, 2.75) is 13.1 Å². The quantitative estimate of drug-likeness (QED) is 0.651. The molecule has 0 bridgehead atoms. The summed E-state index contributed by atoms with van der Waals surface area (Å²) >= 11 is 0. The van der Waals surface area contributed by atoms with Crippen LogP contribution < -0.4 is 5.43 Å². The second-order valence-electron chi connectivity index (χ2n) is 6.03. The smallest absolute Gasteiger partial charge is 0.296 e. The number of rotatable bonds is 5. The molecule has 0 aliphatic heterocycles. The molecule has 1 heterocycles. The van der Waals surface area contributed by atoms with Gasteiger partial charge in [0.25, 0.3) is 5.91 Å². The lowest BCUT2D eigenvalue weighted by Crippen LogP contribution is -2.37. The predicted molar refractivity (Wildman–Crippen MR) is 100 cm³/mol. The van der Waals surface area contributed by atoms with Crippen molar-refractivity contribution in [3.8, 4) is 11.8 Å². The topological polar surface area (TPSA) is 74.0 Å². The van der Waals surface area contributed by atoms with Crippen LogP contribution >= 0.6 is 0 Å². The Bertz CT molecular complexity index is 1050. The molecule has 3 aromatic rings. The van der Waals surface area contributed by atoms with Gasteiger partial charge in [-0.15, -0.1) is 0 Å². The third-order valence-corrected chi connectivity index (χ3v) is 4.12. The van der Waals surface area contributed by atoms with Gasteiger partial charge in [0, 0.05) is 6.54 Å². The maximum absolute atomic E-state index is 13.0. The Morgan fingerprint density at radius 2 is 1.93 bits per heavy atom. The van der Waals surface area contributed by atoms with E-state index in [0.29, 0.717) is 11.3 Å². The first-order chi connectivity index (χ1) is 13.8. The fourth-order valence-corrected chi connectivity index (χ4v) is 2.68. The van der Waals surface area contributed by atoms with Gasteiger partial charge in [0.2, 0.25) is 0 Å². The molecule has 0 radical (unpaired) electrons. The van der Waals surface area contributed by atoms with Crippen molar-refractivity contribution >= 4 is 11.6 Å². The fraction of sp³-hybridized carbons (Fsp3) is 0.150. The molecule has 0 saturated heterocycles. The zero-order valence-corrected chi connectivity index (χ0v) is 15.3. The molecule has 1 amide bonds. The van der Waals surface area contributed by atoms with E-state index in [-0.39, 0.29) is 17.9 Å². The van der Waals surface area contributed by atoms with Crippen molar-refractivity contribution in [3.05, 3.63) is 77.6 Å². The average Bonchev–Trinajstić information content (AvgIpc) is 3.21. The van der Waals surface area contributed by atoms with Gasteiger partial charge in [0.05, 0.1) is 34.8 Å².